The number of likely N-dealkylation sites (N-methyl/N-ethyl adjacent to an activating group) is 1. The number of rotatable bonds is 8. The zero-order valence-electron chi connectivity index (χ0n) is 15.3. The Morgan fingerprint density at radius 3 is 2.35 bits per heavy atom. The molecule has 2 aromatic carbocycles. The van der Waals surface area contributed by atoms with E-state index in [-0.39, 0.29) is 18.4 Å². The number of methoxy groups -OCH3 is 1. The van der Waals surface area contributed by atoms with E-state index in [1.807, 2.05) is 30.3 Å². The summed E-state index contributed by atoms with van der Waals surface area (Å²) >= 11 is 0. The first kappa shape index (κ1) is 19.5. The summed E-state index contributed by atoms with van der Waals surface area (Å²) in [5, 5.41) is 2.75. The first-order chi connectivity index (χ1) is 12.5. The van der Waals surface area contributed by atoms with Crippen LogP contribution in [-0.4, -0.2) is 43.5 Å². The molecule has 0 bridgehead atoms. The van der Waals surface area contributed by atoms with Crippen molar-refractivity contribution in [2.24, 2.45) is 0 Å². The molecule has 2 amide bonds. The fourth-order valence-electron chi connectivity index (χ4n) is 2.35. The van der Waals surface area contributed by atoms with Crippen LogP contribution in [0.5, 0.6) is 5.75 Å². The van der Waals surface area contributed by atoms with E-state index in [4.69, 9.17) is 9.47 Å². The number of carbonyl (C=O) groups excluding carboxylic acids is 2. The first-order valence-corrected chi connectivity index (χ1v) is 8.34. The molecule has 138 valence electrons. The van der Waals surface area contributed by atoms with Crippen LogP contribution in [0.15, 0.2) is 54.6 Å². The maximum absolute atomic E-state index is 12.3. The van der Waals surface area contributed by atoms with Crippen LogP contribution in [0.2, 0.25) is 0 Å². The van der Waals surface area contributed by atoms with Gasteiger partial charge >= 0.3 is 0 Å². The van der Waals surface area contributed by atoms with Gasteiger partial charge in [0.2, 0.25) is 5.91 Å². The van der Waals surface area contributed by atoms with Crippen LogP contribution in [0.25, 0.3) is 0 Å². The van der Waals surface area contributed by atoms with Gasteiger partial charge in [0, 0.05) is 12.7 Å². The SMILES string of the molecule is COc1ccc(NC(=O)CN(C)C(=O)C(C)OCc2ccccc2)cc1. The van der Waals surface area contributed by atoms with Gasteiger partial charge in [0.1, 0.15) is 11.9 Å². The summed E-state index contributed by atoms with van der Waals surface area (Å²) in [7, 11) is 3.16. The van der Waals surface area contributed by atoms with Gasteiger partial charge in [-0.3, -0.25) is 9.59 Å². The highest BCUT2D eigenvalue weighted by atomic mass is 16.5. The monoisotopic (exact) mass is 356 g/mol. The molecule has 6 nitrogen and oxygen atoms in total. The molecule has 6 heteroatoms. The smallest absolute Gasteiger partial charge is 0.251 e. The lowest BCUT2D eigenvalue weighted by atomic mass is 10.2. The molecule has 2 rings (SSSR count). The number of hydrogen-bond acceptors (Lipinski definition) is 4. The molecule has 0 spiro atoms. The van der Waals surface area contributed by atoms with E-state index >= 15 is 0 Å². The average molecular weight is 356 g/mol. The van der Waals surface area contributed by atoms with Gasteiger partial charge in [-0.25, -0.2) is 0 Å². The average Bonchev–Trinajstić information content (AvgIpc) is 2.66. The molecule has 0 aliphatic heterocycles. The maximum Gasteiger partial charge on any atom is 0.251 e. The normalized spacial score (nSPS) is 11.5. The molecule has 0 aromatic heterocycles. The molecule has 1 atom stereocenters. The summed E-state index contributed by atoms with van der Waals surface area (Å²) in [4.78, 5) is 25.8. The topological polar surface area (TPSA) is 67.9 Å². The van der Waals surface area contributed by atoms with E-state index in [1.165, 1.54) is 4.90 Å². The second-order valence-corrected chi connectivity index (χ2v) is 5.91. The molecule has 0 fully saturated rings. The molecule has 0 saturated heterocycles. The third-order valence-corrected chi connectivity index (χ3v) is 3.82. The molecule has 0 aliphatic carbocycles. The Labute approximate surface area is 153 Å². The van der Waals surface area contributed by atoms with Crippen molar-refractivity contribution < 1.29 is 19.1 Å². The van der Waals surface area contributed by atoms with E-state index in [9.17, 15) is 9.59 Å². The Morgan fingerprint density at radius 2 is 1.73 bits per heavy atom. The molecule has 0 radical (unpaired) electrons. The summed E-state index contributed by atoms with van der Waals surface area (Å²) in [5.41, 5.74) is 1.64. The second-order valence-electron chi connectivity index (χ2n) is 5.91. The number of hydrogen-bond donors (Lipinski definition) is 1. The van der Waals surface area contributed by atoms with Crippen molar-refractivity contribution in [3.63, 3.8) is 0 Å². The van der Waals surface area contributed by atoms with Crippen molar-refractivity contribution >= 4 is 17.5 Å². The summed E-state index contributed by atoms with van der Waals surface area (Å²) in [6.45, 7) is 1.98. The van der Waals surface area contributed by atoms with E-state index in [1.54, 1.807) is 45.3 Å². The predicted octanol–water partition coefficient (Wildman–Crippen LogP) is 2.70. The molecular weight excluding hydrogens is 332 g/mol. The summed E-state index contributed by atoms with van der Waals surface area (Å²) in [6.07, 6.45) is -0.631. The van der Waals surface area contributed by atoms with E-state index < -0.39 is 6.10 Å². The number of benzene rings is 2. The third-order valence-electron chi connectivity index (χ3n) is 3.82. The third kappa shape index (κ3) is 5.89. The highest BCUT2D eigenvalue weighted by Gasteiger charge is 2.20. The van der Waals surface area contributed by atoms with Crippen LogP contribution >= 0.6 is 0 Å². The van der Waals surface area contributed by atoms with Crippen LogP contribution in [-0.2, 0) is 20.9 Å². The van der Waals surface area contributed by atoms with Crippen LogP contribution in [0, 0.1) is 0 Å². The van der Waals surface area contributed by atoms with Crippen LogP contribution in [0.3, 0.4) is 0 Å². The molecule has 0 aliphatic rings. The minimum Gasteiger partial charge on any atom is -0.497 e. The van der Waals surface area contributed by atoms with Gasteiger partial charge in [-0.15, -0.1) is 0 Å². The number of amides is 2. The molecular formula is C20H24N2O4. The van der Waals surface area contributed by atoms with Gasteiger partial charge < -0.3 is 19.7 Å². The Morgan fingerprint density at radius 1 is 1.08 bits per heavy atom. The van der Waals surface area contributed by atoms with E-state index in [0.29, 0.717) is 18.0 Å². The van der Waals surface area contributed by atoms with Gasteiger partial charge in [-0.1, -0.05) is 30.3 Å². The van der Waals surface area contributed by atoms with Crippen molar-refractivity contribution in [2.75, 3.05) is 26.0 Å². The van der Waals surface area contributed by atoms with Gasteiger partial charge in [-0.2, -0.15) is 0 Å². The van der Waals surface area contributed by atoms with Crippen molar-refractivity contribution in [1.82, 2.24) is 4.90 Å². The predicted molar refractivity (Wildman–Crippen MR) is 100.0 cm³/mol. The fourth-order valence-corrected chi connectivity index (χ4v) is 2.35. The van der Waals surface area contributed by atoms with Crippen LogP contribution < -0.4 is 10.1 Å². The minimum absolute atomic E-state index is 0.0517. The van der Waals surface area contributed by atoms with Gasteiger partial charge in [-0.05, 0) is 36.8 Å². The van der Waals surface area contributed by atoms with Crippen molar-refractivity contribution in [1.29, 1.82) is 0 Å². The molecule has 0 saturated carbocycles. The van der Waals surface area contributed by atoms with Crippen molar-refractivity contribution in [3.8, 4) is 5.75 Å². The number of carbonyl (C=O) groups is 2. The lowest BCUT2D eigenvalue weighted by Crippen LogP contribution is -2.40. The number of nitrogens with one attached hydrogen (secondary N) is 1. The summed E-state index contributed by atoms with van der Waals surface area (Å²) in [6, 6.07) is 16.6. The Bertz CT molecular complexity index is 716. The lowest BCUT2D eigenvalue weighted by Gasteiger charge is -2.21. The first-order valence-electron chi connectivity index (χ1n) is 8.34. The highest BCUT2D eigenvalue weighted by Crippen LogP contribution is 2.15. The lowest BCUT2D eigenvalue weighted by molar-refractivity contribution is -0.143. The number of ether oxygens (including phenoxy) is 2. The van der Waals surface area contributed by atoms with Crippen LogP contribution in [0.4, 0.5) is 5.69 Å². The van der Waals surface area contributed by atoms with Crippen molar-refractivity contribution in [2.45, 2.75) is 19.6 Å². The van der Waals surface area contributed by atoms with Gasteiger partial charge in [0.15, 0.2) is 0 Å². The van der Waals surface area contributed by atoms with Gasteiger partial charge in [0.25, 0.3) is 5.91 Å². The van der Waals surface area contributed by atoms with Gasteiger partial charge in [0.05, 0.1) is 20.3 Å². The molecule has 1 N–H and O–H groups in total. The summed E-state index contributed by atoms with van der Waals surface area (Å²) in [5.74, 6) is 0.187. The maximum atomic E-state index is 12.3. The number of anilines is 1. The zero-order valence-corrected chi connectivity index (χ0v) is 15.3. The highest BCUT2D eigenvalue weighted by molar-refractivity contribution is 5.95. The Hall–Kier alpha value is -2.86. The quantitative estimate of drug-likeness (QED) is 0.790. The van der Waals surface area contributed by atoms with E-state index in [0.717, 1.165) is 5.56 Å². The minimum atomic E-state index is -0.631. The largest absolute Gasteiger partial charge is 0.497 e. The Kier molecular flexibility index (Phi) is 7.17. The van der Waals surface area contributed by atoms with E-state index in [2.05, 4.69) is 5.32 Å². The van der Waals surface area contributed by atoms with Crippen LogP contribution in [0.1, 0.15) is 12.5 Å². The Balaban J connectivity index is 1.80. The zero-order chi connectivity index (χ0) is 18.9. The fraction of sp³-hybridized carbons (Fsp3) is 0.300. The summed E-state index contributed by atoms with van der Waals surface area (Å²) < 4.78 is 10.7. The standard InChI is InChI=1S/C20H24N2O4/c1-15(26-14-16-7-5-4-6-8-16)20(24)22(2)13-19(23)21-17-9-11-18(25-3)12-10-17/h4-12,15H,13-14H2,1-3H3,(H,21,23). The molecule has 1 unspecified atom stereocenters. The molecule has 2 aromatic rings. The number of nitrogens with zero attached hydrogens (tertiary/aromatic N) is 1. The second kappa shape index (κ2) is 9.58. The van der Waals surface area contributed by atoms with Crippen molar-refractivity contribution in [3.05, 3.63) is 60.2 Å². The molecule has 0 heterocycles. The molecule has 26 heavy (non-hydrogen) atoms.